The molecule has 0 aromatic carbocycles. The van der Waals surface area contributed by atoms with Gasteiger partial charge < -0.3 is 5.32 Å². The van der Waals surface area contributed by atoms with Gasteiger partial charge >= 0.3 is 0 Å². The van der Waals surface area contributed by atoms with E-state index in [9.17, 15) is 4.79 Å². The number of rotatable bonds is 3. The summed E-state index contributed by atoms with van der Waals surface area (Å²) >= 11 is 5.76. The molecule has 0 unspecified atom stereocenters. The fraction of sp³-hybridized carbons (Fsp3) is 0.429. The number of nitrogens with zero attached hydrogens (tertiary/aromatic N) is 4. The summed E-state index contributed by atoms with van der Waals surface area (Å²) in [4.78, 5) is 20.1. The molecule has 0 atom stereocenters. The van der Waals surface area contributed by atoms with Gasteiger partial charge in [0.25, 0.3) is 5.56 Å². The Kier molecular flexibility index (Phi) is 4.15. The minimum Gasteiger partial charge on any atom is -0.351 e. The predicted octanol–water partition coefficient (Wildman–Crippen LogP) is 2.28. The van der Waals surface area contributed by atoms with Gasteiger partial charge in [-0.05, 0) is 31.7 Å². The summed E-state index contributed by atoms with van der Waals surface area (Å²) in [6.45, 7) is 0. The zero-order valence-corrected chi connectivity index (χ0v) is 12.2. The van der Waals surface area contributed by atoms with Crippen LogP contribution in [0.2, 0.25) is 5.02 Å². The van der Waals surface area contributed by atoms with Crippen LogP contribution in [0.5, 0.6) is 0 Å². The van der Waals surface area contributed by atoms with Crippen molar-refractivity contribution in [3.63, 3.8) is 0 Å². The topological polar surface area (TPSA) is 72.7 Å². The van der Waals surface area contributed by atoms with Crippen molar-refractivity contribution in [2.45, 2.75) is 37.8 Å². The standard InChI is InChI=1S/C14H16ClN5O/c15-10-8-16-14(17-9-10)19-11-3-5-12(6-4-11)20-13(21)2-1-7-18-20/h1-2,7-9,11-12H,3-6H2,(H,16,17,19). The predicted molar refractivity (Wildman–Crippen MR) is 80.5 cm³/mol. The number of hydrogen-bond acceptors (Lipinski definition) is 5. The monoisotopic (exact) mass is 305 g/mol. The van der Waals surface area contributed by atoms with Gasteiger partial charge in [-0.25, -0.2) is 14.6 Å². The van der Waals surface area contributed by atoms with Crippen molar-refractivity contribution in [1.29, 1.82) is 0 Å². The second kappa shape index (κ2) is 6.22. The van der Waals surface area contributed by atoms with E-state index in [-0.39, 0.29) is 11.6 Å². The molecule has 0 spiro atoms. The van der Waals surface area contributed by atoms with Crippen LogP contribution in [0.25, 0.3) is 0 Å². The Bertz CT molecular complexity index is 649. The molecular weight excluding hydrogens is 290 g/mol. The second-order valence-corrected chi connectivity index (χ2v) is 5.62. The third kappa shape index (κ3) is 3.39. The molecule has 110 valence electrons. The third-order valence-electron chi connectivity index (χ3n) is 3.74. The lowest BCUT2D eigenvalue weighted by Crippen LogP contribution is -2.33. The Morgan fingerprint density at radius 2 is 1.90 bits per heavy atom. The first kappa shape index (κ1) is 14.0. The van der Waals surface area contributed by atoms with Crippen LogP contribution in [0.3, 0.4) is 0 Å². The van der Waals surface area contributed by atoms with Crippen LogP contribution < -0.4 is 10.9 Å². The summed E-state index contributed by atoms with van der Waals surface area (Å²) in [6.07, 6.45) is 8.57. The Balaban J connectivity index is 1.59. The van der Waals surface area contributed by atoms with E-state index in [1.807, 2.05) is 0 Å². The molecule has 0 amide bonds. The van der Waals surface area contributed by atoms with E-state index in [1.165, 1.54) is 0 Å². The number of hydrogen-bond donors (Lipinski definition) is 1. The van der Waals surface area contributed by atoms with Crippen LogP contribution in [-0.4, -0.2) is 25.8 Å². The SMILES string of the molecule is O=c1cccnn1C1CCC(Nc2ncc(Cl)cn2)CC1. The van der Waals surface area contributed by atoms with Gasteiger partial charge in [0, 0.05) is 18.3 Å². The van der Waals surface area contributed by atoms with Gasteiger partial charge in [0.15, 0.2) is 0 Å². The minimum atomic E-state index is -0.0325. The van der Waals surface area contributed by atoms with E-state index in [0.29, 0.717) is 17.0 Å². The Labute approximate surface area is 127 Å². The zero-order valence-electron chi connectivity index (χ0n) is 11.4. The zero-order chi connectivity index (χ0) is 14.7. The minimum absolute atomic E-state index is 0.0325. The molecular formula is C14H16ClN5O. The van der Waals surface area contributed by atoms with Crippen molar-refractivity contribution in [3.8, 4) is 0 Å². The molecule has 1 saturated carbocycles. The van der Waals surface area contributed by atoms with Crippen molar-refractivity contribution in [3.05, 3.63) is 46.1 Å². The number of aromatic nitrogens is 4. The lowest BCUT2D eigenvalue weighted by atomic mass is 9.91. The van der Waals surface area contributed by atoms with E-state index in [4.69, 9.17) is 11.6 Å². The van der Waals surface area contributed by atoms with Crippen LogP contribution in [0.4, 0.5) is 5.95 Å². The lowest BCUT2D eigenvalue weighted by molar-refractivity contribution is 0.303. The van der Waals surface area contributed by atoms with Crippen LogP contribution >= 0.6 is 11.6 Å². The lowest BCUT2D eigenvalue weighted by Gasteiger charge is -2.29. The second-order valence-electron chi connectivity index (χ2n) is 5.18. The molecule has 1 N–H and O–H groups in total. The molecule has 1 fully saturated rings. The molecule has 0 saturated heterocycles. The summed E-state index contributed by atoms with van der Waals surface area (Å²) in [6, 6.07) is 3.73. The van der Waals surface area contributed by atoms with Gasteiger partial charge in [0.05, 0.1) is 23.5 Å². The van der Waals surface area contributed by atoms with Crippen LogP contribution in [0, 0.1) is 0 Å². The largest absolute Gasteiger partial charge is 0.351 e. The molecule has 2 heterocycles. The van der Waals surface area contributed by atoms with Crippen molar-refractivity contribution >= 4 is 17.5 Å². The molecule has 3 rings (SSSR count). The molecule has 0 aliphatic heterocycles. The highest BCUT2D eigenvalue weighted by Gasteiger charge is 2.23. The molecule has 1 aliphatic rings. The van der Waals surface area contributed by atoms with Gasteiger partial charge in [-0.15, -0.1) is 0 Å². The van der Waals surface area contributed by atoms with Crippen LogP contribution in [0.1, 0.15) is 31.7 Å². The maximum atomic E-state index is 11.8. The van der Waals surface area contributed by atoms with Gasteiger partial charge in [0.1, 0.15) is 0 Å². The Morgan fingerprint density at radius 1 is 1.19 bits per heavy atom. The van der Waals surface area contributed by atoms with Gasteiger partial charge in [0.2, 0.25) is 5.95 Å². The molecule has 0 radical (unpaired) electrons. The van der Waals surface area contributed by atoms with Crippen LogP contribution in [-0.2, 0) is 0 Å². The summed E-state index contributed by atoms with van der Waals surface area (Å²) < 4.78 is 1.59. The smallest absolute Gasteiger partial charge is 0.266 e. The van der Waals surface area contributed by atoms with E-state index in [2.05, 4.69) is 20.4 Å². The maximum Gasteiger partial charge on any atom is 0.266 e. The van der Waals surface area contributed by atoms with Gasteiger partial charge in [-0.3, -0.25) is 4.79 Å². The highest BCUT2D eigenvalue weighted by atomic mass is 35.5. The third-order valence-corrected chi connectivity index (χ3v) is 3.93. The van der Waals surface area contributed by atoms with E-state index < -0.39 is 0 Å². The molecule has 0 bridgehead atoms. The van der Waals surface area contributed by atoms with E-state index >= 15 is 0 Å². The average molecular weight is 306 g/mol. The Morgan fingerprint density at radius 3 is 2.57 bits per heavy atom. The van der Waals surface area contributed by atoms with E-state index in [0.717, 1.165) is 25.7 Å². The van der Waals surface area contributed by atoms with Crippen molar-refractivity contribution in [2.24, 2.45) is 0 Å². The fourth-order valence-electron chi connectivity index (χ4n) is 2.68. The van der Waals surface area contributed by atoms with Gasteiger partial charge in [-0.1, -0.05) is 11.6 Å². The molecule has 1 aliphatic carbocycles. The normalized spacial score (nSPS) is 22.0. The summed E-state index contributed by atoms with van der Waals surface area (Å²) in [7, 11) is 0. The van der Waals surface area contributed by atoms with Crippen molar-refractivity contribution < 1.29 is 0 Å². The fourth-order valence-corrected chi connectivity index (χ4v) is 2.77. The first-order valence-electron chi connectivity index (χ1n) is 7.00. The molecule has 7 heteroatoms. The van der Waals surface area contributed by atoms with Crippen LogP contribution in [0.15, 0.2) is 35.5 Å². The molecule has 2 aromatic heterocycles. The van der Waals surface area contributed by atoms with Crippen molar-refractivity contribution in [1.82, 2.24) is 19.7 Å². The number of nitrogens with one attached hydrogen (secondary N) is 1. The molecule has 2 aromatic rings. The van der Waals surface area contributed by atoms with Gasteiger partial charge in [-0.2, -0.15) is 5.10 Å². The Hall–Kier alpha value is -1.95. The first-order valence-corrected chi connectivity index (χ1v) is 7.38. The highest BCUT2D eigenvalue weighted by Crippen LogP contribution is 2.28. The van der Waals surface area contributed by atoms with E-state index in [1.54, 1.807) is 35.4 Å². The first-order chi connectivity index (χ1) is 10.2. The van der Waals surface area contributed by atoms with Crippen molar-refractivity contribution in [2.75, 3.05) is 5.32 Å². The quantitative estimate of drug-likeness (QED) is 0.942. The number of anilines is 1. The molecule has 6 nitrogen and oxygen atoms in total. The average Bonchev–Trinajstić information content (AvgIpc) is 2.51. The summed E-state index contributed by atoms with van der Waals surface area (Å²) in [5, 5.41) is 8.00. The molecule has 21 heavy (non-hydrogen) atoms. The summed E-state index contributed by atoms with van der Waals surface area (Å²) in [5.74, 6) is 0.595. The summed E-state index contributed by atoms with van der Waals surface area (Å²) in [5.41, 5.74) is -0.0325. The maximum absolute atomic E-state index is 11.8. The number of halogens is 1. The highest BCUT2D eigenvalue weighted by molar-refractivity contribution is 6.30.